The summed E-state index contributed by atoms with van der Waals surface area (Å²) in [7, 11) is -3.89. The number of aromatic nitrogens is 3. The van der Waals surface area contributed by atoms with Crippen LogP contribution in [0.1, 0.15) is 23.1 Å². The van der Waals surface area contributed by atoms with Crippen LogP contribution in [-0.2, 0) is 23.0 Å². The van der Waals surface area contributed by atoms with Crippen molar-refractivity contribution in [3.63, 3.8) is 0 Å². The second-order valence-corrected chi connectivity index (χ2v) is 9.01. The number of hydrogen-bond donors (Lipinski definition) is 1. The van der Waals surface area contributed by atoms with Crippen molar-refractivity contribution in [2.75, 3.05) is 0 Å². The molecule has 0 amide bonds. The van der Waals surface area contributed by atoms with Gasteiger partial charge in [0.25, 0.3) is 10.0 Å². The van der Waals surface area contributed by atoms with E-state index in [1.54, 1.807) is 59.4 Å². The molecule has 1 aliphatic rings. The number of hydrogen-bond acceptors (Lipinski definition) is 4. The van der Waals surface area contributed by atoms with Crippen LogP contribution in [0.2, 0.25) is 0 Å². The summed E-state index contributed by atoms with van der Waals surface area (Å²) >= 11 is 0. The number of nitrogens with zero attached hydrogens (tertiary/aromatic N) is 3. The predicted octanol–water partition coefficient (Wildman–Crippen LogP) is 3.02. The molecule has 0 saturated heterocycles. The van der Waals surface area contributed by atoms with Gasteiger partial charge >= 0.3 is 0 Å². The summed E-state index contributed by atoms with van der Waals surface area (Å²) in [6.45, 7) is 0.250. The lowest BCUT2D eigenvalue weighted by molar-refractivity contribution is 0.328. The molecule has 2 atom stereocenters. The van der Waals surface area contributed by atoms with E-state index in [9.17, 15) is 12.8 Å². The number of benzene rings is 2. The maximum absolute atomic E-state index is 13.9. The quantitative estimate of drug-likeness (QED) is 0.561. The second-order valence-electron chi connectivity index (χ2n) is 7.22. The normalized spacial score (nSPS) is 17.5. The van der Waals surface area contributed by atoms with Crippen molar-refractivity contribution >= 4 is 20.9 Å². The van der Waals surface area contributed by atoms with E-state index in [2.05, 4.69) is 4.98 Å². The fourth-order valence-corrected chi connectivity index (χ4v) is 5.60. The number of para-hydroxylation sites is 1. The number of nitrogens with two attached hydrogens (primary N) is 1. The summed E-state index contributed by atoms with van der Waals surface area (Å²) in [5, 5.41) is 0.761. The van der Waals surface area contributed by atoms with Crippen LogP contribution >= 0.6 is 0 Å². The summed E-state index contributed by atoms with van der Waals surface area (Å²) in [6, 6.07) is 16.4. The highest BCUT2D eigenvalue weighted by Gasteiger charge is 2.31. The molecule has 2 aromatic carbocycles. The van der Waals surface area contributed by atoms with E-state index < -0.39 is 22.2 Å². The average Bonchev–Trinajstić information content (AvgIpc) is 3.39. The molecule has 2 aromatic heterocycles. The van der Waals surface area contributed by atoms with E-state index in [-0.39, 0.29) is 17.9 Å². The van der Waals surface area contributed by atoms with Gasteiger partial charge in [-0.2, -0.15) is 0 Å². The van der Waals surface area contributed by atoms with Gasteiger partial charge in [0.1, 0.15) is 6.17 Å². The Morgan fingerprint density at radius 1 is 1.10 bits per heavy atom. The summed E-state index contributed by atoms with van der Waals surface area (Å²) in [4.78, 5) is 4.55. The Kier molecular flexibility index (Phi) is 4.07. The van der Waals surface area contributed by atoms with Crippen LogP contribution in [0, 0.1) is 0 Å². The minimum atomic E-state index is -3.89. The van der Waals surface area contributed by atoms with Crippen molar-refractivity contribution in [2.45, 2.75) is 30.1 Å². The summed E-state index contributed by atoms with van der Waals surface area (Å²) < 4.78 is 43.9. The first-order valence-electron chi connectivity index (χ1n) is 9.31. The Morgan fingerprint density at radius 2 is 1.83 bits per heavy atom. The van der Waals surface area contributed by atoms with Crippen LogP contribution < -0.4 is 5.73 Å². The highest BCUT2D eigenvalue weighted by Crippen LogP contribution is 2.33. The van der Waals surface area contributed by atoms with Gasteiger partial charge in [0.05, 0.1) is 40.7 Å². The van der Waals surface area contributed by atoms with E-state index in [0.29, 0.717) is 16.9 Å². The molecule has 2 N–H and O–H groups in total. The van der Waals surface area contributed by atoms with Gasteiger partial charge in [-0.3, -0.25) is 0 Å². The largest absolute Gasteiger partial charge is 0.331 e. The zero-order valence-electron chi connectivity index (χ0n) is 15.4. The molecule has 29 heavy (non-hydrogen) atoms. The molecular formula is C21H19FN4O2S. The minimum absolute atomic E-state index is 0.175. The first-order valence-corrected chi connectivity index (χ1v) is 10.8. The Balaban J connectivity index is 1.73. The van der Waals surface area contributed by atoms with Crippen LogP contribution in [0.3, 0.4) is 0 Å². The van der Waals surface area contributed by atoms with Crippen LogP contribution in [-0.4, -0.2) is 28.1 Å². The molecular weight excluding hydrogens is 391 g/mol. The fourth-order valence-electron chi connectivity index (χ4n) is 4.02. The van der Waals surface area contributed by atoms with Gasteiger partial charge in [-0.25, -0.2) is 21.8 Å². The summed E-state index contributed by atoms with van der Waals surface area (Å²) in [5.74, 6) is 0. The van der Waals surface area contributed by atoms with E-state index in [1.165, 1.54) is 3.97 Å². The zero-order valence-corrected chi connectivity index (χ0v) is 16.3. The maximum atomic E-state index is 13.9. The number of rotatable bonds is 4. The van der Waals surface area contributed by atoms with Crippen molar-refractivity contribution in [2.24, 2.45) is 5.73 Å². The van der Waals surface area contributed by atoms with Crippen molar-refractivity contribution in [1.82, 2.24) is 13.5 Å². The highest BCUT2D eigenvalue weighted by molar-refractivity contribution is 7.90. The van der Waals surface area contributed by atoms with Crippen LogP contribution in [0.4, 0.5) is 4.39 Å². The van der Waals surface area contributed by atoms with Gasteiger partial charge in [0, 0.05) is 17.5 Å². The molecule has 0 aliphatic carbocycles. The molecule has 1 unspecified atom stereocenters. The van der Waals surface area contributed by atoms with E-state index in [1.807, 2.05) is 12.1 Å². The van der Waals surface area contributed by atoms with Crippen molar-refractivity contribution in [3.8, 4) is 0 Å². The molecule has 0 radical (unpaired) electrons. The van der Waals surface area contributed by atoms with Crippen molar-refractivity contribution in [3.05, 3.63) is 84.1 Å². The number of alkyl halides is 1. The monoisotopic (exact) mass is 410 g/mol. The molecule has 0 fully saturated rings. The van der Waals surface area contributed by atoms with E-state index in [4.69, 9.17) is 5.73 Å². The van der Waals surface area contributed by atoms with E-state index >= 15 is 0 Å². The molecule has 3 heterocycles. The fraction of sp³-hybridized carbons (Fsp3) is 0.190. The minimum Gasteiger partial charge on any atom is -0.331 e. The summed E-state index contributed by atoms with van der Waals surface area (Å²) in [6.07, 6.45) is 0.829. The molecule has 0 spiro atoms. The second kappa shape index (κ2) is 6.53. The van der Waals surface area contributed by atoms with Crippen molar-refractivity contribution in [1.29, 1.82) is 0 Å². The third-order valence-electron chi connectivity index (χ3n) is 5.38. The van der Waals surface area contributed by atoms with Gasteiger partial charge in [0.2, 0.25) is 0 Å². The third-order valence-corrected chi connectivity index (χ3v) is 7.13. The van der Waals surface area contributed by atoms with Gasteiger partial charge in [-0.05, 0) is 24.3 Å². The lowest BCUT2D eigenvalue weighted by Gasteiger charge is -2.16. The first kappa shape index (κ1) is 18.1. The van der Waals surface area contributed by atoms with Gasteiger partial charge < -0.3 is 10.3 Å². The highest BCUT2D eigenvalue weighted by atomic mass is 32.2. The Hall–Kier alpha value is -2.97. The van der Waals surface area contributed by atoms with Gasteiger partial charge in [-0.1, -0.05) is 36.4 Å². The molecule has 0 bridgehead atoms. The Bertz CT molecular complexity index is 1310. The van der Waals surface area contributed by atoms with Crippen LogP contribution in [0.25, 0.3) is 10.9 Å². The SMILES string of the molecule is NC(c1ncn2c1C[C@@H](F)C2)c1cc2ccccc2n1S(=O)(=O)c1ccccc1. The molecule has 1 aliphatic heterocycles. The first-order chi connectivity index (χ1) is 14.0. The molecule has 148 valence electrons. The van der Waals surface area contributed by atoms with Gasteiger partial charge in [0.15, 0.2) is 0 Å². The number of imidazole rings is 1. The van der Waals surface area contributed by atoms with Crippen LogP contribution in [0.15, 0.2) is 71.9 Å². The Morgan fingerprint density at radius 3 is 2.62 bits per heavy atom. The lowest BCUT2D eigenvalue weighted by Crippen LogP contribution is -2.23. The summed E-state index contributed by atoms with van der Waals surface area (Å²) in [5.41, 5.74) is 8.71. The topological polar surface area (TPSA) is 82.9 Å². The van der Waals surface area contributed by atoms with E-state index in [0.717, 1.165) is 11.1 Å². The van der Waals surface area contributed by atoms with Crippen molar-refractivity contribution < 1.29 is 12.8 Å². The maximum Gasteiger partial charge on any atom is 0.268 e. The molecule has 0 saturated carbocycles. The van der Waals surface area contributed by atoms with Crippen LogP contribution in [0.5, 0.6) is 0 Å². The smallest absolute Gasteiger partial charge is 0.268 e. The molecule has 5 rings (SSSR count). The Labute approximate surface area is 167 Å². The number of halogens is 1. The number of fused-ring (bicyclic) bond motifs is 2. The predicted molar refractivity (Wildman–Crippen MR) is 108 cm³/mol. The lowest BCUT2D eigenvalue weighted by atomic mass is 10.1. The molecule has 4 aromatic rings. The molecule has 8 heteroatoms. The standard InChI is InChI=1S/C21H19FN4O2S/c22-15-11-19-21(24-13-25(19)12-15)20(23)18-10-14-6-4-5-9-17(14)26(18)29(27,28)16-7-2-1-3-8-16/h1-10,13,15,20H,11-12,23H2/t15-,20?/m1/s1. The third kappa shape index (κ3) is 2.79. The van der Waals surface area contributed by atoms with Gasteiger partial charge in [-0.15, -0.1) is 0 Å². The average molecular weight is 410 g/mol. The zero-order chi connectivity index (χ0) is 20.2. The molecule has 6 nitrogen and oxygen atoms in total.